The molecule has 1 unspecified atom stereocenters. The Kier molecular flexibility index (Phi) is 6.33. The molecule has 1 atom stereocenters. The minimum Gasteiger partial charge on any atom is -0.378 e. The molecule has 0 saturated carbocycles. The molecule has 26 heavy (non-hydrogen) atoms. The normalized spacial score (nSPS) is 11.8. The fourth-order valence-corrected chi connectivity index (χ4v) is 2.42. The van der Waals surface area contributed by atoms with Crippen molar-refractivity contribution in [1.29, 1.82) is 0 Å². The number of carbonyl (C=O) groups is 2. The Morgan fingerprint density at radius 1 is 0.962 bits per heavy atom. The summed E-state index contributed by atoms with van der Waals surface area (Å²) in [6.07, 6.45) is 0. The lowest BCUT2D eigenvalue weighted by atomic mass is 10.0. The Hall–Kier alpha value is -2.89. The standard InChI is InChI=1S/C20H24FN3O2/c1-13(2)18(23-19(25)14-5-7-15(21)8-6-14)20(26)22-16-9-11-17(12-10-16)24(3)4/h5-13,18H,1-4H3,(H,22,26)(H,23,25). The third-order valence-corrected chi connectivity index (χ3v) is 3.99. The summed E-state index contributed by atoms with van der Waals surface area (Å²) in [6.45, 7) is 3.70. The molecular formula is C20H24FN3O2. The zero-order chi connectivity index (χ0) is 19.3. The number of amides is 2. The summed E-state index contributed by atoms with van der Waals surface area (Å²) >= 11 is 0. The van der Waals surface area contributed by atoms with Crippen molar-refractivity contribution >= 4 is 23.2 Å². The average molecular weight is 357 g/mol. The topological polar surface area (TPSA) is 61.4 Å². The molecule has 0 heterocycles. The number of nitrogens with one attached hydrogen (secondary N) is 2. The molecule has 0 radical (unpaired) electrons. The molecule has 2 amide bonds. The average Bonchev–Trinajstić information content (AvgIpc) is 2.60. The third kappa shape index (κ3) is 5.05. The summed E-state index contributed by atoms with van der Waals surface area (Å²) in [4.78, 5) is 26.9. The van der Waals surface area contributed by atoms with Gasteiger partial charge in [0.25, 0.3) is 5.91 Å². The van der Waals surface area contributed by atoms with Crippen LogP contribution < -0.4 is 15.5 Å². The van der Waals surface area contributed by atoms with Gasteiger partial charge in [0.1, 0.15) is 11.9 Å². The van der Waals surface area contributed by atoms with Crippen molar-refractivity contribution in [1.82, 2.24) is 5.32 Å². The summed E-state index contributed by atoms with van der Waals surface area (Å²) < 4.78 is 13.0. The van der Waals surface area contributed by atoms with Crippen molar-refractivity contribution in [3.05, 3.63) is 59.9 Å². The first kappa shape index (κ1) is 19.4. The van der Waals surface area contributed by atoms with Crippen LogP contribution in [-0.4, -0.2) is 32.0 Å². The van der Waals surface area contributed by atoms with Gasteiger partial charge in [0, 0.05) is 31.0 Å². The lowest BCUT2D eigenvalue weighted by molar-refractivity contribution is -0.118. The van der Waals surface area contributed by atoms with Gasteiger partial charge in [-0.25, -0.2) is 4.39 Å². The summed E-state index contributed by atoms with van der Waals surface area (Å²) in [5.41, 5.74) is 1.98. The number of benzene rings is 2. The van der Waals surface area contributed by atoms with E-state index >= 15 is 0 Å². The molecule has 0 spiro atoms. The SMILES string of the molecule is CC(C)C(NC(=O)c1ccc(F)cc1)C(=O)Nc1ccc(N(C)C)cc1. The molecular weight excluding hydrogens is 333 g/mol. The summed E-state index contributed by atoms with van der Waals surface area (Å²) in [6, 6.07) is 11.9. The first-order valence-corrected chi connectivity index (χ1v) is 8.42. The fourth-order valence-electron chi connectivity index (χ4n) is 2.42. The van der Waals surface area contributed by atoms with Gasteiger partial charge < -0.3 is 15.5 Å². The predicted molar refractivity (Wildman–Crippen MR) is 102 cm³/mol. The van der Waals surface area contributed by atoms with Crippen molar-refractivity contribution in [3.8, 4) is 0 Å². The highest BCUT2D eigenvalue weighted by Crippen LogP contribution is 2.16. The molecule has 0 aromatic heterocycles. The van der Waals surface area contributed by atoms with E-state index in [-0.39, 0.29) is 11.8 Å². The van der Waals surface area contributed by atoms with Crippen molar-refractivity contribution in [3.63, 3.8) is 0 Å². The second-order valence-electron chi connectivity index (χ2n) is 6.63. The summed E-state index contributed by atoms with van der Waals surface area (Å²) in [5, 5.41) is 5.54. The van der Waals surface area contributed by atoms with E-state index in [1.165, 1.54) is 24.3 Å². The van der Waals surface area contributed by atoms with E-state index in [0.29, 0.717) is 11.3 Å². The molecule has 0 fully saturated rings. The van der Waals surface area contributed by atoms with Crippen LogP contribution >= 0.6 is 0 Å². The van der Waals surface area contributed by atoms with Gasteiger partial charge in [0.2, 0.25) is 5.91 Å². The minimum atomic E-state index is -0.707. The maximum atomic E-state index is 13.0. The molecule has 0 aliphatic heterocycles. The van der Waals surface area contributed by atoms with Gasteiger partial charge in [0.05, 0.1) is 0 Å². The molecule has 0 aliphatic rings. The zero-order valence-corrected chi connectivity index (χ0v) is 15.4. The van der Waals surface area contributed by atoms with Gasteiger partial charge in [0.15, 0.2) is 0 Å². The number of anilines is 2. The van der Waals surface area contributed by atoms with Crippen LogP contribution in [0.3, 0.4) is 0 Å². The van der Waals surface area contributed by atoms with E-state index in [0.717, 1.165) is 5.69 Å². The molecule has 2 aromatic rings. The molecule has 2 rings (SSSR count). The quantitative estimate of drug-likeness (QED) is 0.834. The first-order chi connectivity index (χ1) is 12.3. The van der Waals surface area contributed by atoms with Crippen LogP contribution in [0.4, 0.5) is 15.8 Å². The van der Waals surface area contributed by atoms with E-state index in [2.05, 4.69) is 10.6 Å². The highest BCUT2D eigenvalue weighted by atomic mass is 19.1. The van der Waals surface area contributed by atoms with Crippen LogP contribution in [0.5, 0.6) is 0 Å². The largest absolute Gasteiger partial charge is 0.378 e. The Morgan fingerprint density at radius 2 is 1.54 bits per heavy atom. The number of carbonyl (C=O) groups excluding carboxylic acids is 2. The van der Waals surface area contributed by atoms with E-state index in [9.17, 15) is 14.0 Å². The van der Waals surface area contributed by atoms with Crippen LogP contribution in [0.1, 0.15) is 24.2 Å². The number of halogens is 1. The van der Waals surface area contributed by atoms with Gasteiger partial charge in [-0.15, -0.1) is 0 Å². The Bertz CT molecular complexity index is 756. The molecule has 5 nitrogen and oxygen atoms in total. The van der Waals surface area contributed by atoms with Gasteiger partial charge >= 0.3 is 0 Å². The van der Waals surface area contributed by atoms with E-state index in [1.807, 2.05) is 57.1 Å². The van der Waals surface area contributed by atoms with Crippen LogP contribution in [-0.2, 0) is 4.79 Å². The number of hydrogen-bond acceptors (Lipinski definition) is 3. The van der Waals surface area contributed by atoms with Gasteiger partial charge in [-0.05, 0) is 54.4 Å². The summed E-state index contributed by atoms with van der Waals surface area (Å²) in [5.74, 6) is -1.24. The van der Waals surface area contributed by atoms with Gasteiger partial charge in [-0.2, -0.15) is 0 Å². The van der Waals surface area contributed by atoms with Crippen LogP contribution in [0, 0.1) is 11.7 Å². The zero-order valence-electron chi connectivity index (χ0n) is 15.4. The molecule has 2 aromatic carbocycles. The lowest BCUT2D eigenvalue weighted by Crippen LogP contribution is -2.47. The van der Waals surface area contributed by atoms with Crippen LogP contribution in [0.25, 0.3) is 0 Å². The van der Waals surface area contributed by atoms with Crippen LogP contribution in [0.15, 0.2) is 48.5 Å². The monoisotopic (exact) mass is 357 g/mol. The maximum Gasteiger partial charge on any atom is 0.251 e. The fraction of sp³-hybridized carbons (Fsp3) is 0.300. The second-order valence-corrected chi connectivity index (χ2v) is 6.63. The van der Waals surface area contributed by atoms with Crippen molar-refractivity contribution in [2.24, 2.45) is 5.92 Å². The Labute approximate surface area is 153 Å². The van der Waals surface area contributed by atoms with Gasteiger partial charge in [-0.1, -0.05) is 13.8 Å². The van der Waals surface area contributed by atoms with E-state index in [4.69, 9.17) is 0 Å². The molecule has 0 saturated heterocycles. The molecule has 138 valence electrons. The predicted octanol–water partition coefficient (Wildman–Crippen LogP) is 3.28. The van der Waals surface area contributed by atoms with Crippen molar-refractivity contribution < 1.29 is 14.0 Å². The first-order valence-electron chi connectivity index (χ1n) is 8.42. The van der Waals surface area contributed by atoms with Crippen LogP contribution in [0.2, 0.25) is 0 Å². The summed E-state index contributed by atoms with van der Waals surface area (Å²) in [7, 11) is 3.88. The Morgan fingerprint density at radius 3 is 2.04 bits per heavy atom. The number of rotatable bonds is 6. The molecule has 0 bridgehead atoms. The smallest absolute Gasteiger partial charge is 0.251 e. The van der Waals surface area contributed by atoms with E-state index < -0.39 is 17.8 Å². The minimum absolute atomic E-state index is 0.111. The molecule has 0 aliphatic carbocycles. The number of hydrogen-bond donors (Lipinski definition) is 2. The lowest BCUT2D eigenvalue weighted by Gasteiger charge is -2.22. The van der Waals surface area contributed by atoms with Crippen molar-refractivity contribution in [2.75, 3.05) is 24.3 Å². The Balaban J connectivity index is 2.07. The second kappa shape index (κ2) is 8.47. The van der Waals surface area contributed by atoms with Gasteiger partial charge in [-0.3, -0.25) is 9.59 Å². The highest BCUT2D eigenvalue weighted by molar-refractivity contribution is 6.01. The highest BCUT2D eigenvalue weighted by Gasteiger charge is 2.24. The molecule has 2 N–H and O–H groups in total. The third-order valence-electron chi connectivity index (χ3n) is 3.99. The van der Waals surface area contributed by atoms with Crippen molar-refractivity contribution in [2.45, 2.75) is 19.9 Å². The maximum absolute atomic E-state index is 13.0. The number of nitrogens with zero attached hydrogens (tertiary/aromatic N) is 1. The van der Waals surface area contributed by atoms with E-state index in [1.54, 1.807) is 0 Å². The molecule has 6 heteroatoms.